The Kier molecular flexibility index (Phi) is 5.15. The molecule has 0 bridgehead atoms. The highest BCUT2D eigenvalue weighted by molar-refractivity contribution is 7.99. The molecule has 0 aromatic carbocycles. The minimum absolute atomic E-state index is 0.187. The lowest BCUT2D eigenvalue weighted by molar-refractivity contribution is 0.0694. The summed E-state index contributed by atoms with van der Waals surface area (Å²) in [6.45, 7) is 2.68. The average molecular weight is 281 g/mol. The van der Waals surface area contributed by atoms with Gasteiger partial charge in [-0.3, -0.25) is 0 Å². The molecular weight excluding hydrogens is 262 g/mol. The van der Waals surface area contributed by atoms with Crippen molar-refractivity contribution in [3.8, 4) is 0 Å². The first-order valence-corrected chi connectivity index (χ1v) is 7.62. The van der Waals surface area contributed by atoms with Crippen LogP contribution in [-0.2, 0) is 6.54 Å². The fourth-order valence-electron chi connectivity index (χ4n) is 2.43. The van der Waals surface area contributed by atoms with Crippen LogP contribution in [0.1, 0.15) is 42.2 Å². The molecule has 1 saturated carbocycles. The molecule has 1 aliphatic carbocycles. The number of hydrogen-bond donors (Lipinski definition) is 2. The number of hydrogen-bond acceptors (Lipinski definition) is 5. The van der Waals surface area contributed by atoms with Crippen LogP contribution in [0.3, 0.4) is 0 Å². The molecule has 19 heavy (non-hydrogen) atoms. The molecule has 0 amide bonds. The summed E-state index contributed by atoms with van der Waals surface area (Å²) in [4.78, 5) is 18.9. The Morgan fingerprint density at radius 1 is 1.58 bits per heavy atom. The molecule has 0 saturated heterocycles. The number of aromatic carboxylic acids is 1. The Labute approximate surface area is 117 Å². The maximum Gasteiger partial charge on any atom is 0.339 e. The Morgan fingerprint density at radius 3 is 3.16 bits per heavy atom. The second-order valence-corrected chi connectivity index (χ2v) is 6.23. The van der Waals surface area contributed by atoms with Crippen LogP contribution in [0.15, 0.2) is 12.5 Å². The fourth-order valence-corrected chi connectivity index (χ4v) is 3.57. The summed E-state index contributed by atoms with van der Waals surface area (Å²) in [5.74, 6) is 0.190. The molecule has 2 rings (SSSR count). The van der Waals surface area contributed by atoms with Gasteiger partial charge in [-0.1, -0.05) is 6.92 Å². The van der Waals surface area contributed by atoms with E-state index in [1.54, 1.807) is 0 Å². The molecule has 1 fully saturated rings. The third-order valence-electron chi connectivity index (χ3n) is 3.37. The second-order valence-electron chi connectivity index (χ2n) is 4.66. The largest absolute Gasteiger partial charge is 0.478 e. The molecule has 1 aliphatic rings. The number of rotatable bonds is 6. The maximum atomic E-state index is 11.0. The Bertz CT molecular complexity index is 442. The topological polar surface area (TPSA) is 75.1 Å². The zero-order valence-electron chi connectivity index (χ0n) is 11.0. The number of aromatic nitrogens is 2. The molecule has 0 spiro atoms. The van der Waals surface area contributed by atoms with Crippen LogP contribution in [0.2, 0.25) is 0 Å². The Morgan fingerprint density at radius 2 is 2.42 bits per heavy atom. The van der Waals surface area contributed by atoms with E-state index in [4.69, 9.17) is 5.11 Å². The zero-order valence-corrected chi connectivity index (χ0v) is 11.8. The summed E-state index contributed by atoms with van der Waals surface area (Å²) < 4.78 is 0. The van der Waals surface area contributed by atoms with Gasteiger partial charge in [0.25, 0.3) is 0 Å². The van der Waals surface area contributed by atoms with E-state index in [9.17, 15) is 4.79 Å². The van der Waals surface area contributed by atoms with Crippen LogP contribution in [0.5, 0.6) is 0 Å². The van der Waals surface area contributed by atoms with E-state index in [1.807, 2.05) is 11.8 Å². The maximum absolute atomic E-state index is 11.0. The van der Waals surface area contributed by atoms with Gasteiger partial charge in [-0.25, -0.2) is 14.8 Å². The van der Waals surface area contributed by atoms with Crippen LogP contribution >= 0.6 is 11.8 Å². The predicted molar refractivity (Wildman–Crippen MR) is 75.4 cm³/mol. The van der Waals surface area contributed by atoms with Gasteiger partial charge < -0.3 is 10.4 Å². The fraction of sp³-hybridized carbons (Fsp3) is 0.615. The van der Waals surface area contributed by atoms with Gasteiger partial charge in [-0.15, -0.1) is 0 Å². The third kappa shape index (κ3) is 3.91. The van der Waals surface area contributed by atoms with Gasteiger partial charge in [0.05, 0.1) is 5.69 Å². The SMILES string of the molecule is CCSC1CCC(NCc2ncncc2C(=O)O)C1. The van der Waals surface area contributed by atoms with Gasteiger partial charge >= 0.3 is 5.97 Å². The summed E-state index contributed by atoms with van der Waals surface area (Å²) in [6, 6.07) is 0.473. The van der Waals surface area contributed by atoms with Gasteiger partial charge in [0.2, 0.25) is 0 Å². The van der Waals surface area contributed by atoms with Crippen molar-refractivity contribution >= 4 is 17.7 Å². The van der Waals surface area contributed by atoms with E-state index >= 15 is 0 Å². The third-order valence-corrected chi connectivity index (χ3v) is 4.60. The number of carboxylic acid groups (broad SMARTS) is 1. The minimum atomic E-state index is -0.969. The molecule has 2 unspecified atom stereocenters. The molecule has 0 aliphatic heterocycles. The van der Waals surface area contributed by atoms with Gasteiger partial charge in [0, 0.05) is 24.0 Å². The highest BCUT2D eigenvalue weighted by Gasteiger charge is 2.24. The summed E-state index contributed by atoms with van der Waals surface area (Å²) in [5.41, 5.74) is 0.751. The first-order chi connectivity index (χ1) is 9.20. The highest BCUT2D eigenvalue weighted by Crippen LogP contribution is 2.29. The molecule has 2 atom stereocenters. The highest BCUT2D eigenvalue weighted by atomic mass is 32.2. The van der Waals surface area contributed by atoms with Crippen molar-refractivity contribution in [3.05, 3.63) is 23.8 Å². The van der Waals surface area contributed by atoms with Crippen LogP contribution in [0, 0.1) is 0 Å². The van der Waals surface area contributed by atoms with Crippen molar-refractivity contribution in [1.82, 2.24) is 15.3 Å². The lowest BCUT2D eigenvalue weighted by atomic mass is 10.2. The molecule has 5 nitrogen and oxygen atoms in total. The van der Waals surface area contributed by atoms with Crippen molar-refractivity contribution < 1.29 is 9.90 Å². The van der Waals surface area contributed by atoms with Crippen molar-refractivity contribution in [1.29, 1.82) is 0 Å². The number of carboxylic acids is 1. The molecule has 1 heterocycles. The van der Waals surface area contributed by atoms with Crippen molar-refractivity contribution in [2.45, 2.75) is 44.0 Å². The molecule has 1 aromatic heterocycles. The molecule has 0 radical (unpaired) electrons. The first kappa shape index (κ1) is 14.3. The number of carbonyl (C=O) groups is 1. The molecule has 2 N–H and O–H groups in total. The quantitative estimate of drug-likeness (QED) is 0.830. The van der Waals surface area contributed by atoms with E-state index in [2.05, 4.69) is 22.2 Å². The smallest absolute Gasteiger partial charge is 0.339 e. The number of thioether (sulfide) groups is 1. The van der Waals surface area contributed by atoms with E-state index in [0.717, 1.165) is 23.8 Å². The van der Waals surface area contributed by atoms with Gasteiger partial charge in [0.1, 0.15) is 11.9 Å². The Hall–Kier alpha value is -1.14. The van der Waals surface area contributed by atoms with Gasteiger partial charge in [-0.05, 0) is 25.0 Å². The zero-order chi connectivity index (χ0) is 13.7. The van der Waals surface area contributed by atoms with Crippen LogP contribution in [0.25, 0.3) is 0 Å². The molecule has 1 aromatic rings. The van der Waals surface area contributed by atoms with Crippen molar-refractivity contribution in [2.24, 2.45) is 0 Å². The van der Waals surface area contributed by atoms with Crippen LogP contribution in [-0.4, -0.2) is 38.1 Å². The van der Waals surface area contributed by atoms with Crippen molar-refractivity contribution in [3.63, 3.8) is 0 Å². The Balaban J connectivity index is 1.88. The average Bonchev–Trinajstić information content (AvgIpc) is 2.85. The van der Waals surface area contributed by atoms with Gasteiger partial charge in [-0.2, -0.15) is 11.8 Å². The summed E-state index contributed by atoms with van der Waals surface area (Å²) in [6.07, 6.45) is 6.31. The second kappa shape index (κ2) is 6.86. The number of nitrogens with one attached hydrogen (secondary N) is 1. The standard InChI is InChI=1S/C13H19N3O2S/c1-2-19-10-4-3-9(5-10)15-7-12-11(13(17)18)6-14-8-16-12/h6,8-10,15H,2-5,7H2,1H3,(H,17,18). The normalized spacial score (nSPS) is 22.6. The first-order valence-electron chi connectivity index (χ1n) is 6.57. The van der Waals surface area contributed by atoms with E-state index < -0.39 is 5.97 Å². The monoisotopic (exact) mass is 281 g/mol. The van der Waals surface area contributed by atoms with Crippen LogP contribution in [0.4, 0.5) is 0 Å². The van der Waals surface area contributed by atoms with E-state index in [0.29, 0.717) is 18.3 Å². The van der Waals surface area contributed by atoms with Crippen LogP contribution < -0.4 is 5.32 Å². The van der Waals surface area contributed by atoms with Crippen molar-refractivity contribution in [2.75, 3.05) is 5.75 Å². The summed E-state index contributed by atoms with van der Waals surface area (Å²) in [7, 11) is 0. The molecule has 104 valence electrons. The lowest BCUT2D eigenvalue weighted by Crippen LogP contribution is -2.27. The van der Waals surface area contributed by atoms with E-state index in [1.165, 1.54) is 18.9 Å². The molecular formula is C13H19N3O2S. The molecule has 6 heteroatoms. The lowest BCUT2D eigenvalue weighted by Gasteiger charge is -2.13. The van der Waals surface area contributed by atoms with E-state index in [-0.39, 0.29) is 5.56 Å². The van der Waals surface area contributed by atoms with Gasteiger partial charge in [0.15, 0.2) is 0 Å². The summed E-state index contributed by atoms with van der Waals surface area (Å²) in [5, 5.41) is 13.2. The minimum Gasteiger partial charge on any atom is -0.478 e. The summed E-state index contributed by atoms with van der Waals surface area (Å²) >= 11 is 2.01. The predicted octanol–water partition coefficient (Wildman–Crippen LogP) is 1.94. The number of nitrogens with zero attached hydrogens (tertiary/aromatic N) is 2.